The van der Waals surface area contributed by atoms with Crippen molar-refractivity contribution in [3.8, 4) is 11.5 Å². The number of nitrogens with one attached hydrogen (secondary N) is 2. The Kier molecular flexibility index (Phi) is 5.38. The van der Waals surface area contributed by atoms with Gasteiger partial charge in [0.05, 0.1) is 6.54 Å². The topological polar surface area (TPSA) is 54.9 Å². The van der Waals surface area contributed by atoms with Crippen LogP contribution in [0.4, 0.5) is 4.39 Å². The normalized spacial score (nSPS) is 13.0. The third kappa shape index (κ3) is 4.41. The van der Waals surface area contributed by atoms with Crippen LogP contribution in [0, 0.1) is 12.7 Å². The van der Waals surface area contributed by atoms with Crippen molar-refractivity contribution in [2.75, 3.05) is 13.3 Å². The third-order valence-corrected chi connectivity index (χ3v) is 3.90. The lowest BCUT2D eigenvalue weighted by molar-refractivity contribution is 0.174. The summed E-state index contributed by atoms with van der Waals surface area (Å²) < 4.78 is 24.3. The quantitative estimate of drug-likeness (QED) is 0.647. The molecule has 0 amide bonds. The maximum Gasteiger partial charge on any atom is 0.231 e. The van der Waals surface area contributed by atoms with Crippen LogP contribution >= 0.6 is 0 Å². The molecule has 0 saturated carbocycles. The summed E-state index contributed by atoms with van der Waals surface area (Å²) in [7, 11) is 0. The van der Waals surface area contributed by atoms with E-state index in [2.05, 4.69) is 15.6 Å². The van der Waals surface area contributed by atoms with Crippen molar-refractivity contribution < 1.29 is 13.9 Å². The fraction of sp³-hybridized carbons (Fsp3) is 0.316. The van der Waals surface area contributed by atoms with Gasteiger partial charge in [0.2, 0.25) is 6.79 Å². The maximum atomic E-state index is 13.6. The fourth-order valence-electron chi connectivity index (χ4n) is 2.48. The molecule has 0 saturated heterocycles. The lowest BCUT2D eigenvalue weighted by atomic mass is 10.1. The van der Waals surface area contributed by atoms with E-state index < -0.39 is 0 Å². The number of guanidine groups is 1. The van der Waals surface area contributed by atoms with Crippen molar-refractivity contribution >= 4 is 5.96 Å². The van der Waals surface area contributed by atoms with E-state index in [1.54, 1.807) is 13.0 Å². The minimum absolute atomic E-state index is 0.203. The van der Waals surface area contributed by atoms with Gasteiger partial charge < -0.3 is 20.1 Å². The van der Waals surface area contributed by atoms with Crippen LogP contribution in [-0.2, 0) is 13.1 Å². The van der Waals surface area contributed by atoms with Crippen molar-refractivity contribution in [2.24, 2.45) is 4.99 Å². The highest BCUT2D eigenvalue weighted by Crippen LogP contribution is 2.32. The van der Waals surface area contributed by atoms with Gasteiger partial charge in [0.1, 0.15) is 5.82 Å². The number of hydrogen-bond donors (Lipinski definition) is 2. The smallest absolute Gasteiger partial charge is 0.231 e. The predicted molar refractivity (Wildman–Crippen MR) is 95.4 cm³/mol. The van der Waals surface area contributed by atoms with Gasteiger partial charge >= 0.3 is 0 Å². The second-order valence-corrected chi connectivity index (χ2v) is 5.82. The third-order valence-electron chi connectivity index (χ3n) is 3.90. The van der Waals surface area contributed by atoms with E-state index in [0.717, 1.165) is 29.2 Å². The zero-order valence-corrected chi connectivity index (χ0v) is 14.4. The number of hydrogen-bond acceptors (Lipinski definition) is 3. The predicted octanol–water partition coefficient (Wildman–Crippen LogP) is 3.12. The highest BCUT2D eigenvalue weighted by Gasteiger charge is 2.13. The Balaban J connectivity index is 1.63. The van der Waals surface area contributed by atoms with Gasteiger partial charge in [-0.25, -0.2) is 9.38 Å². The molecule has 3 rings (SSSR count). The van der Waals surface area contributed by atoms with Crippen LogP contribution < -0.4 is 20.1 Å². The molecular weight excluding hydrogens is 321 g/mol. The summed E-state index contributed by atoms with van der Waals surface area (Å²) in [6, 6.07) is 11.0. The minimum atomic E-state index is -0.203. The first-order valence-corrected chi connectivity index (χ1v) is 8.31. The molecule has 0 bridgehead atoms. The highest BCUT2D eigenvalue weighted by atomic mass is 19.1. The molecule has 0 atom stereocenters. The van der Waals surface area contributed by atoms with Crippen LogP contribution in [-0.4, -0.2) is 19.3 Å². The molecule has 1 aliphatic heterocycles. The molecule has 0 aromatic heterocycles. The van der Waals surface area contributed by atoms with E-state index in [9.17, 15) is 4.39 Å². The molecule has 0 fully saturated rings. The Morgan fingerprint density at radius 1 is 1.08 bits per heavy atom. The Bertz CT molecular complexity index is 777. The van der Waals surface area contributed by atoms with E-state index in [-0.39, 0.29) is 12.6 Å². The average Bonchev–Trinajstić information content (AvgIpc) is 3.08. The Labute approximate surface area is 146 Å². The second kappa shape index (κ2) is 7.88. The van der Waals surface area contributed by atoms with Crippen LogP contribution in [0.25, 0.3) is 0 Å². The number of ether oxygens (including phenoxy) is 2. The second-order valence-electron chi connectivity index (χ2n) is 5.82. The first-order valence-electron chi connectivity index (χ1n) is 8.31. The van der Waals surface area contributed by atoms with E-state index in [1.807, 2.05) is 31.2 Å². The molecule has 2 N–H and O–H groups in total. The van der Waals surface area contributed by atoms with Crippen LogP contribution in [0.5, 0.6) is 11.5 Å². The van der Waals surface area contributed by atoms with E-state index >= 15 is 0 Å². The van der Waals surface area contributed by atoms with Gasteiger partial charge in [0, 0.05) is 13.1 Å². The van der Waals surface area contributed by atoms with Crippen LogP contribution in [0.15, 0.2) is 41.4 Å². The molecule has 132 valence electrons. The lowest BCUT2D eigenvalue weighted by Gasteiger charge is -2.12. The molecule has 1 aliphatic rings. The number of nitrogens with zero attached hydrogens (tertiary/aromatic N) is 1. The summed E-state index contributed by atoms with van der Waals surface area (Å²) in [5, 5.41) is 6.46. The van der Waals surface area contributed by atoms with Crippen LogP contribution in [0.1, 0.15) is 23.6 Å². The van der Waals surface area contributed by atoms with Gasteiger partial charge in [-0.05, 0) is 48.7 Å². The molecule has 6 heteroatoms. The van der Waals surface area contributed by atoms with Gasteiger partial charge in [0.25, 0.3) is 0 Å². The number of fused-ring (bicyclic) bond motifs is 1. The number of halogens is 1. The fourth-order valence-corrected chi connectivity index (χ4v) is 2.48. The van der Waals surface area contributed by atoms with Gasteiger partial charge in [-0.2, -0.15) is 0 Å². The average molecular weight is 343 g/mol. The zero-order valence-electron chi connectivity index (χ0n) is 14.4. The lowest BCUT2D eigenvalue weighted by Crippen LogP contribution is -2.36. The van der Waals surface area contributed by atoms with Crippen molar-refractivity contribution in [3.63, 3.8) is 0 Å². The van der Waals surface area contributed by atoms with Crippen molar-refractivity contribution in [1.82, 2.24) is 10.6 Å². The molecular formula is C19H22FN3O2. The monoisotopic (exact) mass is 343 g/mol. The van der Waals surface area contributed by atoms with E-state index in [4.69, 9.17) is 9.47 Å². The van der Waals surface area contributed by atoms with Crippen LogP contribution in [0.3, 0.4) is 0 Å². The minimum Gasteiger partial charge on any atom is -0.454 e. The van der Waals surface area contributed by atoms with Gasteiger partial charge in [0.15, 0.2) is 17.5 Å². The van der Waals surface area contributed by atoms with E-state index in [1.165, 1.54) is 6.07 Å². The van der Waals surface area contributed by atoms with Crippen molar-refractivity contribution in [1.29, 1.82) is 0 Å². The summed E-state index contributed by atoms with van der Waals surface area (Å²) >= 11 is 0. The molecule has 0 spiro atoms. The Hall–Kier alpha value is -2.76. The molecule has 25 heavy (non-hydrogen) atoms. The van der Waals surface area contributed by atoms with Gasteiger partial charge in [-0.15, -0.1) is 0 Å². The highest BCUT2D eigenvalue weighted by molar-refractivity contribution is 5.79. The summed E-state index contributed by atoms with van der Waals surface area (Å²) in [6.07, 6.45) is 0. The first kappa shape index (κ1) is 17.1. The number of aliphatic imine (C=N–C) groups is 1. The SMILES string of the molecule is CCNC(=NCc1ccc(C)c(F)c1)NCc1ccc2c(c1)OCO2. The summed E-state index contributed by atoms with van der Waals surface area (Å²) in [6.45, 7) is 5.78. The number of aryl methyl sites for hydroxylation is 1. The Morgan fingerprint density at radius 2 is 1.88 bits per heavy atom. The van der Waals surface area contributed by atoms with Gasteiger partial charge in [-0.3, -0.25) is 0 Å². The molecule has 0 radical (unpaired) electrons. The summed E-state index contributed by atoms with van der Waals surface area (Å²) in [5.74, 6) is 2.01. The van der Waals surface area contributed by atoms with Crippen molar-refractivity contribution in [2.45, 2.75) is 26.9 Å². The maximum absolute atomic E-state index is 13.6. The summed E-state index contributed by atoms with van der Waals surface area (Å²) in [5.41, 5.74) is 2.54. The summed E-state index contributed by atoms with van der Waals surface area (Å²) in [4.78, 5) is 4.51. The molecule has 0 aliphatic carbocycles. The van der Waals surface area contributed by atoms with E-state index in [0.29, 0.717) is 24.6 Å². The Morgan fingerprint density at radius 3 is 2.68 bits per heavy atom. The largest absolute Gasteiger partial charge is 0.454 e. The standard InChI is InChI=1S/C19H22FN3O2/c1-3-21-19(22-10-14-5-4-13(2)16(20)8-14)23-11-15-6-7-17-18(9-15)25-12-24-17/h4-9H,3,10-12H2,1-2H3,(H2,21,22,23). The molecule has 2 aromatic rings. The number of rotatable bonds is 5. The van der Waals surface area contributed by atoms with Gasteiger partial charge in [-0.1, -0.05) is 18.2 Å². The molecule has 2 aromatic carbocycles. The zero-order chi connectivity index (χ0) is 17.6. The number of benzene rings is 2. The molecule has 1 heterocycles. The first-order chi connectivity index (χ1) is 12.2. The molecule has 5 nitrogen and oxygen atoms in total. The van der Waals surface area contributed by atoms with Crippen LogP contribution in [0.2, 0.25) is 0 Å². The molecule has 0 unspecified atom stereocenters. The van der Waals surface area contributed by atoms with Crippen molar-refractivity contribution in [3.05, 3.63) is 58.9 Å².